The van der Waals surface area contributed by atoms with E-state index in [1.54, 1.807) is 11.3 Å². The first-order chi connectivity index (χ1) is 14.6. The first kappa shape index (κ1) is 20.3. The molecule has 2 aromatic carbocycles. The SMILES string of the molecule is Cc1nc(-c2ccc(CCNC(=O)c3ccc(CN4CCCC4=O)cc3)cc2)cs1. The molecule has 4 rings (SSSR count). The molecule has 154 valence electrons. The molecule has 1 aromatic heterocycles. The van der Waals surface area contributed by atoms with Gasteiger partial charge >= 0.3 is 0 Å². The van der Waals surface area contributed by atoms with Crippen LogP contribution in [0.1, 0.15) is 39.3 Å². The van der Waals surface area contributed by atoms with Crippen molar-refractivity contribution in [3.8, 4) is 11.3 Å². The lowest BCUT2D eigenvalue weighted by atomic mass is 10.1. The summed E-state index contributed by atoms with van der Waals surface area (Å²) in [6.07, 6.45) is 2.36. The maximum Gasteiger partial charge on any atom is 0.251 e. The minimum absolute atomic E-state index is 0.0756. The van der Waals surface area contributed by atoms with E-state index in [1.165, 1.54) is 5.56 Å². The molecule has 2 amide bonds. The number of hydrogen-bond donors (Lipinski definition) is 1. The lowest BCUT2D eigenvalue weighted by molar-refractivity contribution is -0.128. The molecule has 6 heteroatoms. The van der Waals surface area contributed by atoms with Crippen LogP contribution in [0.15, 0.2) is 53.9 Å². The Balaban J connectivity index is 1.25. The van der Waals surface area contributed by atoms with Crippen LogP contribution < -0.4 is 5.32 Å². The van der Waals surface area contributed by atoms with Gasteiger partial charge in [0.1, 0.15) is 0 Å². The van der Waals surface area contributed by atoms with Crippen molar-refractivity contribution in [2.75, 3.05) is 13.1 Å². The number of aryl methyl sites for hydroxylation is 1. The number of nitrogens with one attached hydrogen (secondary N) is 1. The fraction of sp³-hybridized carbons (Fsp3) is 0.292. The summed E-state index contributed by atoms with van der Waals surface area (Å²) in [5.74, 6) is 0.139. The molecule has 1 fully saturated rings. The number of amides is 2. The highest BCUT2D eigenvalue weighted by Gasteiger charge is 2.20. The van der Waals surface area contributed by atoms with Gasteiger partial charge in [0.2, 0.25) is 5.91 Å². The smallest absolute Gasteiger partial charge is 0.251 e. The number of aromatic nitrogens is 1. The van der Waals surface area contributed by atoms with Crippen molar-refractivity contribution in [3.05, 3.63) is 75.6 Å². The van der Waals surface area contributed by atoms with E-state index in [1.807, 2.05) is 36.1 Å². The van der Waals surface area contributed by atoms with Gasteiger partial charge in [-0.05, 0) is 43.0 Å². The van der Waals surface area contributed by atoms with Crippen molar-refractivity contribution in [2.24, 2.45) is 0 Å². The van der Waals surface area contributed by atoms with Crippen LogP contribution in [0.25, 0.3) is 11.3 Å². The minimum Gasteiger partial charge on any atom is -0.352 e. The molecular formula is C24H25N3O2S. The third kappa shape index (κ3) is 4.94. The van der Waals surface area contributed by atoms with E-state index in [0.29, 0.717) is 25.1 Å². The largest absolute Gasteiger partial charge is 0.352 e. The predicted molar refractivity (Wildman–Crippen MR) is 119 cm³/mol. The van der Waals surface area contributed by atoms with Crippen LogP contribution in [-0.2, 0) is 17.8 Å². The highest BCUT2D eigenvalue weighted by molar-refractivity contribution is 7.09. The van der Waals surface area contributed by atoms with Crippen molar-refractivity contribution in [3.63, 3.8) is 0 Å². The lowest BCUT2D eigenvalue weighted by Gasteiger charge is -2.15. The van der Waals surface area contributed by atoms with Gasteiger partial charge in [-0.3, -0.25) is 9.59 Å². The molecule has 2 heterocycles. The van der Waals surface area contributed by atoms with Crippen molar-refractivity contribution < 1.29 is 9.59 Å². The van der Waals surface area contributed by atoms with Gasteiger partial charge in [0.05, 0.1) is 10.7 Å². The highest BCUT2D eigenvalue weighted by Crippen LogP contribution is 2.22. The molecular weight excluding hydrogens is 394 g/mol. The van der Waals surface area contributed by atoms with E-state index in [-0.39, 0.29) is 11.8 Å². The molecule has 0 bridgehead atoms. The Morgan fingerprint density at radius 2 is 1.83 bits per heavy atom. The molecule has 1 saturated heterocycles. The quantitative estimate of drug-likeness (QED) is 0.624. The second-order valence-corrected chi connectivity index (χ2v) is 8.63. The van der Waals surface area contributed by atoms with Crippen LogP contribution >= 0.6 is 11.3 Å². The van der Waals surface area contributed by atoms with Gasteiger partial charge in [0.15, 0.2) is 0 Å². The van der Waals surface area contributed by atoms with Gasteiger partial charge in [-0.2, -0.15) is 0 Å². The van der Waals surface area contributed by atoms with Crippen molar-refractivity contribution in [2.45, 2.75) is 32.7 Å². The molecule has 0 saturated carbocycles. The first-order valence-electron chi connectivity index (χ1n) is 10.2. The minimum atomic E-state index is -0.0756. The Morgan fingerprint density at radius 1 is 1.10 bits per heavy atom. The van der Waals surface area contributed by atoms with E-state index in [0.717, 1.165) is 41.2 Å². The van der Waals surface area contributed by atoms with Crippen LogP contribution in [0.5, 0.6) is 0 Å². The Hall–Kier alpha value is -2.99. The van der Waals surface area contributed by atoms with E-state index < -0.39 is 0 Å². The molecule has 30 heavy (non-hydrogen) atoms. The molecule has 0 spiro atoms. The third-order valence-corrected chi connectivity index (χ3v) is 6.10. The van der Waals surface area contributed by atoms with Crippen LogP contribution in [-0.4, -0.2) is 34.8 Å². The van der Waals surface area contributed by atoms with Gasteiger partial charge in [-0.1, -0.05) is 36.4 Å². The third-order valence-electron chi connectivity index (χ3n) is 5.33. The molecule has 1 N–H and O–H groups in total. The molecule has 0 radical (unpaired) electrons. The number of carbonyl (C=O) groups is 2. The van der Waals surface area contributed by atoms with Crippen LogP contribution in [0.4, 0.5) is 0 Å². The monoisotopic (exact) mass is 419 g/mol. The molecule has 5 nitrogen and oxygen atoms in total. The van der Waals surface area contributed by atoms with Gasteiger partial charge in [0.25, 0.3) is 5.91 Å². The van der Waals surface area contributed by atoms with Crippen LogP contribution in [0.3, 0.4) is 0 Å². The Bertz CT molecular complexity index is 1030. The molecule has 1 aliphatic heterocycles. The van der Waals surface area contributed by atoms with Crippen molar-refractivity contribution >= 4 is 23.2 Å². The maximum absolute atomic E-state index is 12.4. The van der Waals surface area contributed by atoms with Crippen LogP contribution in [0.2, 0.25) is 0 Å². The summed E-state index contributed by atoms with van der Waals surface area (Å²) < 4.78 is 0. The second kappa shape index (κ2) is 9.22. The second-order valence-electron chi connectivity index (χ2n) is 7.57. The Morgan fingerprint density at radius 3 is 2.47 bits per heavy atom. The molecule has 3 aromatic rings. The lowest BCUT2D eigenvalue weighted by Crippen LogP contribution is -2.26. The highest BCUT2D eigenvalue weighted by atomic mass is 32.1. The number of benzene rings is 2. The summed E-state index contributed by atoms with van der Waals surface area (Å²) >= 11 is 1.65. The van der Waals surface area contributed by atoms with Gasteiger partial charge in [0, 0.05) is 42.6 Å². The fourth-order valence-corrected chi connectivity index (χ4v) is 4.24. The summed E-state index contributed by atoms with van der Waals surface area (Å²) in [6, 6.07) is 15.9. The Labute approximate surface area is 180 Å². The summed E-state index contributed by atoms with van der Waals surface area (Å²) in [7, 11) is 0. The van der Waals surface area contributed by atoms with Gasteiger partial charge < -0.3 is 10.2 Å². The van der Waals surface area contributed by atoms with Crippen molar-refractivity contribution in [1.82, 2.24) is 15.2 Å². The number of hydrogen-bond acceptors (Lipinski definition) is 4. The Kier molecular flexibility index (Phi) is 6.23. The van der Waals surface area contributed by atoms with E-state index in [9.17, 15) is 9.59 Å². The normalized spacial score (nSPS) is 13.6. The van der Waals surface area contributed by atoms with Crippen LogP contribution in [0, 0.1) is 6.92 Å². The van der Waals surface area contributed by atoms with Gasteiger partial charge in [-0.25, -0.2) is 4.98 Å². The summed E-state index contributed by atoms with van der Waals surface area (Å²) in [6.45, 7) is 4.04. The van der Waals surface area contributed by atoms with E-state index in [4.69, 9.17) is 0 Å². The fourth-order valence-electron chi connectivity index (χ4n) is 3.61. The number of likely N-dealkylation sites (tertiary alicyclic amines) is 1. The molecule has 0 unspecified atom stereocenters. The maximum atomic E-state index is 12.4. The first-order valence-corrected chi connectivity index (χ1v) is 11.1. The summed E-state index contributed by atoms with van der Waals surface area (Å²) in [4.78, 5) is 30.5. The number of rotatable bonds is 7. The number of carbonyl (C=O) groups excluding carboxylic acids is 2. The zero-order valence-corrected chi connectivity index (χ0v) is 17.9. The van der Waals surface area contributed by atoms with Gasteiger partial charge in [-0.15, -0.1) is 11.3 Å². The average Bonchev–Trinajstić information content (AvgIpc) is 3.37. The number of thiazole rings is 1. The molecule has 0 atom stereocenters. The average molecular weight is 420 g/mol. The zero-order chi connectivity index (χ0) is 20.9. The number of nitrogens with zero attached hydrogens (tertiary/aromatic N) is 2. The topological polar surface area (TPSA) is 62.3 Å². The zero-order valence-electron chi connectivity index (χ0n) is 17.1. The summed E-state index contributed by atoms with van der Waals surface area (Å²) in [5.41, 5.74) is 4.99. The van der Waals surface area contributed by atoms with E-state index >= 15 is 0 Å². The molecule has 0 aliphatic carbocycles. The standard InChI is InChI=1S/C24H25N3O2S/c1-17-26-22(16-30-17)20-8-4-18(5-9-20)12-13-25-24(29)21-10-6-19(7-11-21)15-27-14-2-3-23(27)28/h4-11,16H,2-3,12-15H2,1H3,(H,25,29). The van der Waals surface area contributed by atoms with E-state index in [2.05, 4.69) is 39.9 Å². The summed E-state index contributed by atoms with van der Waals surface area (Å²) in [5, 5.41) is 6.12. The molecule has 1 aliphatic rings. The van der Waals surface area contributed by atoms with Crippen molar-refractivity contribution in [1.29, 1.82) is 0 Å². The predicted octanol–water partition coefficient (Wildman–Crippen LogP) is 4.21.